The molecule has 0 amide bonds. The molecule has 2 heterocycles. The second kappa shape index (κ2) is 3.89. The lowest BCUT2D eigenvalue weighted by Gasteiger charge is -2.03. The minimum atomic E-state index is 0.205. The number of thiophene rings is 1. The van der Waals surface area contributed by atoms with E-state index in [2.05, 4.69) is 20.5 Å². The van der Waals surface area contributed by atoms with Crippen LogP contribution < -0.4 is 5.32 Å². The normalized spacial score (nSPS) is 13.0. The van der Waals surface area contributed by atoms with Crippen LogP contribution in [0.1, 0.15) is 18.8 Å². The summed E-state index contributed by atoms with van der Waals surface area (Å²) < 4.78 is 0. The molecule has 2 aromatic heterocycles. The number of aromatic nitrogens is 3. The molecule has 0 saturated heterocycles. The largest absolute Gasteiger partial charge is 0.311 e. The molecule has 0 fully saturated rings. The fourth-order valence-electron chi connectivity index (χ4n) is 1.12. The highest BCUT2D eigenvalue weighted by atomic mass is 32.1. The average Bonchev–Trinajstić information content (AvgIpc) is 2.86. The monoisotopic (exact) mass is 208 g/mol. The number of hydrogen-bond acceptors (Lipinski definition) is 4. The van der Waals surface area contributed by atoms with E-state index in [4.69, 9.17) is 0 Å². The summed E-state index contributed by atoms with van der Waals surface area (Å²) in [6.07, 6.45) is 0. The maximum atomic E-state index is 4.40. The van der Waals surface area contributed by atoms with Gasteiger partial charge < -0.3 is 5.32 Å². The zero-order chi connectivity index (χ0) is 9.97. The van der Waals surface area contributed by atoms with E-state index in [-0.39, 0.29) is 6.04 Å². The summed E-state index contributed by atoms with van der Waals surface area (Å²) in [4.78, 5) is 5.50. The Morgan fingerprint density at radius 3 is 3.07 bits per heavy atom. The quantitative estimate of drug-likeness (QED) is 0.809. The van der Waals surface area contributed by atoms with Gasteiger partial charge in [-0.3, -0.25) is 5.10 Å². The highest BCUT2D eigenvalue weighted by Crippen LogP contribution is 2.21. The molecule has 14 heavy (non-hydrogen) atoms. The molecule has 1 atom stereocenters. The SMILES string of the molecule is CNC(C)c1nc(-c2cccs2)n[nH]1. The van der Waals surface area contributed by atoms with Crippen LogP contribution in [0.3, 0.4) is 0 Å². The highest BCUT2D eigenvalue weighted by molar-refractivity contribution is 7.13. The Morgan fingerprint density at radius 2 is 2.43 bits per heavy atom. The number of rotatable bonds is 3. The van der Waals surface area contributed by atoms with Gasteiger partial charge in [0.25, 0.3) is 0 Å². The van der Waals surface area contributed by atoms with Crippen LogP contribution >= 0.6 is 11.3 Å². The Hall–Kier alpha value is -1.20. The molecule has 5 heteroatoms. The molecule has 0 aliphatic carbocycles. The molecule has 0 aliphatic rings. The van der Waals surface area contributed by atoms with Crippen molar-refractivity contribution >= 4 is 11.3 Å². The van der Waals surface area contributed by atoms with Gasteiger partial charge in [0.1, 0.15) is 5.82 Å². The third-order valence-corrected chi connectivity index (χ3v) is 2.95. The molecular formula is C9H12N4S. The molecule has 0 radical (unpaired) electrons. The summed E-state index contributed by atoms with van der Waals surface area (Å²) in [5.74, 6) is 1.65. The van der Waals surface area contributed by atoms with Gasteiger partial charge in [0.05, 0.1) is 10.9 Å². The van der Waals surface area contributed by atoms with Crippen molar-refractivity contribution < 1.29 is 0 Å². The topological polar surface area (TPSA) is 53.6 Å². The van der Waals surface area contributed by atoms with Crippen LogP contribution in [0.15, 0.2) is 17.5 Å². The van der Waals surface area contributed by atoms with E-state index in [0.717, 1.165) is 16.5 Å². The second-order valence-electron chi connectivity index (χ2n) is 3.03. The minimum Gasteiger partial charge on any atom is -0.311 e. The first kappa shape index (κ1) is 9.36. The number of nitrogens with zero attached hydrogens (tertiary/aromatic N) is 2. The molecule has 74 valence electrons. The maximum absolute atomic E-state index is 4.40. The number of hydrogen-bond donors (Lipinski definition) is 2. The summed E-state index contributed by atoms with van der Waals surface area (Å²) in [6.45, 7) is 2.04. The Kier molecular flexibility index (Phi) is 2.60. The molecule has 0 saturated carbocycles. The van der Waals surface area contributed by atoms with E-state index in [0.29, 0.717) is 0 Å². The van der Waals surface area contributed by atoms with Crippen molar-refractivity contribution in [3.63, 3.8) is 0 Å². The minimum absolute atomic E-state index is 0.205. The predicted octanol–water partition coefficient (Wildman–Crippen LogP) is 1.81. The maximum Gasteiger partial charge on any atom is 0.191 e. The van der Waals surface area contributed by atoms with Gasteiger partial charge in [-0.05, 0) is 25.4 Å². The van der Waals surface area contributed by atoms with E-state index in [1.807, 2.05) is 31.5 Å². The molecule has 1 unspecified atom stereocenters. The van der Waals surface area contributed by atoms with E-state index < -0.39 is 0 Å². The number of H-pyrrole nitrogens is 1. The first-order valence-electron chi connectivity index (χ1n) is 4.44. The molecular weight excluding hydrogens is 196 g/mol. The summed E-state index contributed by atoms with van der Waals surface area (Å²) >= 11 is 1.64. The Bertz CT molecular complexity index is 393. The second-order valence-corrected chi connectivity index (χ2v) is 3.98. The van der Waals surface area contributed by atoms with Gasteiger partial charge in [0.2, 0.25) is 0 Å². The van der Waals surface area contributed by atoms with Crippen LogP contribution in [-0.2, 0) is 0 Å². The van der Waals surface area contributed by atoms with Gasteiger partial charge in [0.15, 0.2) is 5.82 Å². The lowest BCUT2D eigenvalue weighted by atomic mass is 10.3. The van der Waals surface area contributed by atoms with Crippen molar-refractivity contribution in [2.24, 2.45) is 0 Å². The predicted molar refractivity (Wildman–Crippen MR) is 57.2 cm³/mol. The van der Waals surface area contributed by atoms with Crippen molar-refractivity contribution in [2.75, 3.05) is 7.05 Å². The van der Waals surface area contributed by atoms with E-state index in [1.165, 1.54) is 0 Å². The van der Waals surface area contributed by atoms with E-state index in [9.17, 15) is 0 Å². The zero-order valence-corrected chi connectivity index (χ0v) is 8.93. The Labute approximate surface area is 86.4 Å². The fraction of sp³-hybridized carbons (Fsp3) is 0.333. The first-order valence-corrected chi connectivity index (χ1v) is 5.32. The smallest absolute Gasteiger partial charge is 0.191 e. The fourth-order valence-corrected chi connectivity index (χ4v) is 1.78. The van der Waals surface area contributed by atoms with Crippen molar-refractivity contribution in [1.82, 2.24) is 20.5 Å². The standard InChI is InChI=1S/C9H12N4S/c1-6(10-2)8-11-9(13-12-8)7-4-3-5-14-7/h3-6,10H,1-2H3,(H,11,12,13). The van der Waals surface area contributed by atoms with Crippen LogP contribution in [0, 0.1) is 0 Å². The lowest BCUT2D eigenvalue weighted by Crippen LogP contribution is -2.13. The summed E-state index contributed by atoms with van der Waals surface area (Å²) in [5.41, 5.74) is 0. The van der Waals surface area contributed by atoms with Crippen molar-refractivity contribution in [1.29, 1.82) is 0 Å². The molecule has 0 aliphatic heterocycles. The molecule has 2 aromatic rings. The van der Waals surface area contributed by atoms with Crippen LogP contribution in [0.2, 0.25) is 0 Å². The van der Waals surface area contributed by atoms with Crippen molar-refractivity contribution in [3.8, 4) is 10.7 Å². The average molecular weight is 208 g/mol. The lowest BCUT2D eigenvalue weighted by molar-refractivity contribution is 0.613. The van der Waals surface area contributed by atoms with Gasteiger partial charge in [-0.1, -0.05) is 6.07 Å². The van der Waals surface area contributed by atoms with Gasteiger partial charge in [0, 0.05) is 0 Å². The van der Waals surface area contributed by atoms with Crippen LogP contribution in [0.25, 0.3) is 10.7 Å². The zero-order valence-electron chi connectivity index (χ0n) is 8.11. The van der Waals surface area contributed by atoms with Gasteiger partial charge in [-0.2, -0.15) is 5.10 Å². The first-order chi connectivity index (χ1) is 6.81. The third kappa shape index (κ3) is 1.69. The van der Waals surface area contributed by atoms with Crippen molar-refractivity contribution in [2.45, 2.75) is 13.0 Å². The van der Waals surface area contributed by atoms with Crippen LogP contribution in [0.5, 0.6) is 0 Å². The van der Waals surface area contributed by atoms with Crippen LogP contribution in [0.4, 0.5) is 0 Å². The van der Waals surface area contributed by atoms with Crippen LogP contribution in [-0.4, -0.2) is 22.2 Å². The Balaban J connectivity index is 2.26. The molecule has 2 N–H and O–H groups in total. The molecule has 2 rings (SSSR count). The third-order valence-electron chi connectivity index (χ3n) is 2.09. The van der Waals surface area contributed by atoms with E-state index >= 15 is 0 Å². The highest BCUT2D eigenvalue weighted by Gasteiger charge is 2.10. The Morgan fingerprint density at radius 1 is 1.57 bits per heavy atom. The summed E-state index contributed by atoms with van der Waals surface area (Å²) in [5, 5.41) is 12.2. The number of nitrogens with one attached hydrogen (secondary N) is 2. The van der Waals surface area contributed by atoms with Gasteiger partial charge in [-0.25, -0.2) is 4.98 Å². The van der Waals surface area contributed by atoms with Crippen molar-refractivity contribution in [3.05, 3.63) is 23.3 Å². The molecule has 4 nitrogen and oxygen atoms in total. The number of aromatic amines is 1. The van der Waals surface area contributed by atoms with Gasteiger partial charge in [-0.15, -0.1) is 11.3 Å². The molecule has 0 aromatic carbocycles. The summed E-state index contributed by atoms with van der Waals surface area (Å²) in [7, 11) is 1.90. The molecule has 0 spiro atoms. The summed E-state index contributed by atoms with van der Waals surface area (Å²) in [6, 6.07) is 4.22. The van der Waals surface area contributed by atoms with Gasteiger partial charge >= 0.3 is 0 Å². The molecule has 0 bridgehead atoms. The van der Waals surface area contributed by atoms with E-state index in [1.54, 1.807) is 11.3 Å².